The second-order valence-corrected chi connectivity index (χ2v) is 6.21. The third-order valence-corrected chi connectivity index (χ3v) is 4.10. The number of hydrogen-bond donors (Lipinski definition) is 1. The zero-order valence-corrected chi connectivity index (χ0v) is 12.0. The Labute approximate surface area is 111 Å². The molecule has 0 radical (unpaired) electrons. The van der Waals surface area contributed by atoms with E-state index in [1.807, 2.05) is 17.9 Å². The van der Waals surface area contributed by atoms with Crippen molar-refractivity contribution in [3.8, 4) is 0 Å². The van der Waals surface area contributed by atoms with E-state index in [-0.39, 0.29) is 0 Å². The average Bonchev–Trinajstić information content (AvgIpc) is 2.69. The molecule has 0 amide bonds. The molecule has 1 saturated carbocycles. The SMILES string of the molecule is CC(C)CNCC1CCC1CCc1cnn(C)c1. The lowest BCUT2D eigenvalue weighted by Gasteiger charge is -2.37. The van der Waals surface area contributed by atoms with E-state index in [0.29, 0.717) is 0 Å². The molecule has 0 aromatic carbocycles. The topological polar surface area (TPSA) is 29.9 Å². The van der Waals surface area contributed by atoms with Crippen molar-refractivity contribution in [2.75, 3.05) is 13.1 Å². The maximum absolute atomic E-state index is 4.23. The second kappa shape index (κ2) is 6.37. The highest BCUT2D eigenvalue weighted by atomic mass is 15.2. The minimum atomic E-state index is 0.763. The number of nitrogens with zero attached hydrogens (tertiary/aromatic N) is 2. The molecular weight excluding hydrogens is 222 g/mol. The predicted molar refractivity (Wildman–Crippen MR) is 75.5 cm³/mol. The average molecular weight is 249 g/mol. The first-order valence-electron chi connectivity index (χ1n) is 7.33. The molecule has 1 aliphatic carbocycles. The lowest BCUT2D eigenvalue weighted by molar-refractivity contribution is 0.159. The summed E-state index contributed by atoms with van der Waals surface area (Å²) in [6.45, 7) is 6.92. The fraction of sp³-hybridized carbons (Fsp3) is 0.800. The molecule has 0 saturated heterocycles. The molecule has 102 valence electrons. The fourth-order valence-corrected chi connectivity index (χ4v) is 2.80. The van der Waals surface area contributed by atoms with E-state index in [1.54, 1.807) is 0 Å². The van der Waals surface area contributed by atoms with E-state index >= 15 is 0 Å². The van der Waals surface area contributed by atoms with Crippen LogP contribution in [0.25, 0.3) is 0 Å². The van der Waals surface area contributed by atoms with Crippen molar-refractivity contribution in [2.45, 2.75) is 39.5 Å². The Morgan fingerprint density at radius 1 is 1.39 bits per heavy atom. The lowest BCUT2D eigenvalue weighted by Crippen LogP contribution is -2.36. The first-order valence-corrected chi connectivity index (χ1v) is 7.33. The molecule has 3 nitrogen and oxygen atoms in total. The summed E-state index contributed by atoms with van der Waals surface area (Å²) >= 11 is 0. The van der Waals surface area contributed by atoms with Crippen LogP contribution < -0.4 is 5.32 Å². The van der Waals surface area contributed by atoms with Crippen molar-refractivity contribution in [1.29, 1.82) is 0 Å². The Balaban J connectivity index is 1.64. The molecule has 0 aliphatic heterocycles. The molecule has 1 N–H and O–H groups in total. The van der Waals surface area contributed by atoms with Gasteiger partial charge in [0, 0.05) is 13.2 Å². The summed E-state index contributed by atoms with van der Waals surface area (Å²) in [5, 5.41) is 7.83. The second-order valence-electron chi connectivity index (χ2n) is 6.21. The molecule has 0 bridgehead atoms. The van der Waals surface area contributed by atoms with Crippen LogP contribution in [0.15, 0.2) is 12.4 Å². The van der Waals surface area contributed by atoms with E-state index in [9.17, 15) is 0 Å². The van der Waals surface area contributed by atoms with Gasteiger partial charge < -0.3 is 5.32 Å². The Morgan fingerprint density at radius 2 is 2.17 bits per heavy atom. The molecule has 0 spiro atoms. The van der Waals surface area contributed by atoms with Gasteiger partial charge in [0.25, 0.3) is 0 Å². The Morgan fingerprint density at radius 3 is 2.72 bits per heavy atom. The predicted octanol–water partition coefficient (Wildman–Crippen LogP) is 2.62. The highest BCUT2D eigenvalue weighted by Gasteiger charge is 2.29. The summed E-state index contributed by atoms with van der Waals surface area (Å²) in [6, 6.07) is 0. The first-order chi connectivity index (χ1) is 8.65. The Kier molecular flexibility index (Phi) is 4.81. The summed E-state index contributed by atoms with van der Waals surface area (Å²) in [5.41, 5.74) is 1.39. The molecule has 2 atom stereocenters. The molecule has 1 aromatic heterocycles. The number of nitrogens with one attached hydrogen (secondary N) is 1. The van der Waals surface area contributed by atoms with Gasteiger partial charge in [-0.2, -0.15) is 5.10 Å². The van der Waals surface area contributed by atoms with E-state index in [0.717, 1.165) is 24.3 Å². The number of rotatable bonds is 7. The minimum absolute atomic E-state index is 0.763. The van der Waals surface area contributed by atoms with Gasteiger partial charge in [0.2, 0.25) is 0 Å². The molecule has 2 rings (SSSR count). The summed E-state index contributed by atoms with van der Waals surface area (Å²) in [7, 11) is 1.99. The summed E-state index contributed by atoms with van der Waals surface area (Å²) in [4.78, 5) is 0. The van der Waals surface area contributed by atoms with Crippen LogP contribution in [-0.4, -0.2) is 22.9 Å². The quantitative estimate of drug-likeness (QED) is 0.805. The van der Waals surface area contributed by atoms with Gasteiger partial charge in [0.05, 0.1) is 6.20 Å². The number of hydrogen-bond acceptors (Lipinski definition) is 2. The van der Waals surface area contributed by atoms with Crippen LogP contribution in [0.4, 0.5) is 0 Å². The molecule has 2 unspecified atom stereocenters. The summed E-state index contributed by atoms with van der Waals surface area (Å²) in [5.74, 6) is 2.62. The van der Waals surface area contributed by atoms with E-state index in [4.69, 9.17) is 0 Å². The van der Waals surface area contributed by atoms with Crippen molar-refractivity contribution >= 4 is 0 Å². The normalized spacial score (nSPS) is 23.3. The highest BCUT2D eigenvalue weighted by Crippen LogP contribution is 2.37. The molecule has 1 heterocycles. The smallest absolute Gasteiger partial charge is 0.0521 e. The molecule has 1 aromatic rings. The molecular formula is C15H27N3. The van der Waals surface area contributed by atoms with Gasteiger partial charge in [-0.25, -0.2) is 0 Å². The van der Waals surface area contributed by atoms with Gasteiger partial charge in [-0.15, -0.1) is 0 Å². The highest BCUT2D eigenvalue weighted by molar-refractivity contribution is 5.04. The van der Waals surface area contributed by atoms with Crippen LogP contribution in [-0.2, 0) is 13.5 Å². The Bertz CT molecular complexity index is 356. The van der Waals surface area contributed by atoms with Gasteiger partial charge >= 0.3 is 0 Å². The maximum Gasteiger partial charge on any atom is 0.0521 e. The number of aromatic nitrogens is 2. The summed E-state index contributed by atoms with van der Waals surface area (Å²) < 4.78 is 1.90. The standard InChI is InChI=1S/C15H27N3/c1-12(2)8-16-10-15-7-6-14(15)5-4-13-9-17-18(3)11-13/h9,11-12,14-16H,4-8,10H2,1-3H3. The van der Waals surface area contributed by atoms with Crippen LogP contribution in [0.5, 0.6) is 0 Å². The third kappa shape index (κ3) is 3.84. The monoisotopic (exact) mass is 249 g/mol. The Hall–Kier alpha value is -0.830. The van der Waals surface area contributed by atoms with Crippen molar-refractivity contribution in [3.05, 3.63) is 18.0 Å². The zero-order chi connectivity index (χ0) is 13.0. The fourth-order valence-electron chi connectivity index (χ4n) is 2.80. The van der Waals surface area contributed by atoms with E-state index < -0.39 is 0 Å². The maximum atomic E-state index is 4.23. The van der Waals surface area contributed by atoms with Crippen molar-refractivity contribution in [3.63, 3.8) is 0 Å². The first kappa shape index (κ1) is 13.6. The van der Waals surface area contributed by atoms with Crippen molar-refractivity contribution in [1.82, 2.24) is 15.1 Å². The zero-order valence-electron chi connectivity index (χ0n) is 12.0. The molecule has 1 aliphatic rings. The molecule has 1 fully saturated rings. The van der Waals surface area contributed by atoms with Gasteiger partial charge in [-0.1, -0.05) is 13.8 Å². The minimum Gasteiger partial charge on any atom is -0.316 e. The number of aryl methyl sites for hydroxylation is 2. The van der Waals surface area contributed by atoms with Crippen LogP contribution >= 0.6 is 0 Å². The van der Waals surface area contributed by atoms with E-state index in [2.05, 4.69) is 30.5 Å². The van der Waals surface area contributed by atoms with Crippen LogP contribution in [0.2, 0.25) is 0 Å². The van der Waals surface area contributed by atoms with Crippen LogP contribution in [0.3, 0.4) is 0 Å². The van der Waals surface area contributed by atoms with Crippen molar-refractivity contribution < 1.29 is 0 Å². The largest absolute Gasteiger partial charge is 0.316 e. The van der Waals surface area contributed by atoms with Crippen molar-refractivity contribution in [2.24, 2.45) is 24.8 Å². The van der Waals surface area contributed by atoms with Gasteiger partial charge in [0.15, 0.2) is 0 Å². The van der Waals surface area contributed by atoms with Crippen LogP contribution in [0, 0.1) is 17.8 Å². The molecule has 3 heteroatoms. The molecule has 18 heavy (non-hydrogen) atoms. The van der Waals surface area contributed by atoms with E-state index in [1.165, 1.54) is 37.8 Å². The lowest BCUT2D eigenvalue weighted by atomic mass is 9.71. The summed E-state index contributed by atoms with van der Waals surface area (Å²) in [6.07, 6.45) is 9.52. The third-order valence-electron chi connectivity index (χ3n) is 4.10. The van der Waals surface area contributed by atoms with Crippen LogP contribution in [0.1, 0.15) is 38.7 Å². The van der Waals surface area contributed by atoms with Gasteiger partial charge in [-0.3, -0.25) is 4.68 Å². The van der Waals surface area contributed by atoms with Gasteiger partial charge in [-0.05, 0) is 62.1 Å². The van der Waals surface area contributed by atoms with Gasteiger partial charge in [0.1, 0.15) is 0 Å².